The molecule has 0 aliphatic heterocycles. The molecule has 2 N–H and O–H groups in total. The molecular weight excluding hydrogens is 558 g/mol. The zero-order valence-corrected chi connectivity index (χ0v) is 27.8. The molecule has 4 rings (SSSR count). The molecular formula is C36H57NO7. The van der Waals surface area contributed by atoms with Crippen LogP contribution < -0.4 is 0 Å². The maximum atomic E-state index is 12.9. The summed E-state index contributed by atoms with van der Waals surface area (Å²) < 4.78 is 5.87. The number of nitrogens with zero attached hydrogens (tertiary/aromatic N) is 1. The third kappa shape index (κ3) is 7.70. The monoisotopic (exact) mass is 615 g/mol. The molecule has 0 spiro atoms. The molecule has 0 aromatic rings. The van der Waals surface area contributed by atoms with Gasteiger partial charge in [0.25, 0.3) is 0 Å². The van der Waals surface area contributed by atoms with Gasteiger partial charge in [-0.3, -0.25) is 19.2 Å². The second-order valence-corrected chi connectivity index (χ2v) is 15.5. The number of carboxylic acid groups (broad SMARTS) is 2. The van der Waals surface area contributed by atoms with Gasteiger partial charge in [0, 0.05) is 19.4 Å². The number of hydrogen-bond donors (Lipinski definition) is 2. The number of carbonyl (C=O) groups is 4. The molecule has 0 heterocycles. The van der Waals surface area contributed by atoms with Crippen LogP contribution in [-0.4, -0.2) is 58.1 Å². The van der Waals surface area contributed by atoms with Gasteiger partial charge < -0.3 is 19.8 Å². The molecule has 44 heavy (non-hydrogen) atoms. The topological polar surface area (TPSA) is 121 Å². The SMILES string of the molecule is CC(C)CCC[C@@H](C)C1CC[C@H]2[C@@H]3CC=C4C[C@@H](OC(=O)CN(CCC(=O)O)C(=O)CCC(=O)O)CC[C@]4(C)[C@H]3CC[C@]12C. The zero-order chi connectivity index (χ0) is 32.2. The minimum Gasteiger partial charge on any atom is -0.481 e. The Labute approximate surface area is 264 Å². The van der Waals surface area contributed by atoms with Crippen LogP contribution in [0.3, 0.4) is 0 Å². The van der Waals surface area contributed by atoms with Gasteiger partial charge >= 0.3 is 17.9 Å². The Morgan fingerprint density at radius 3 is 2.34 bits per heavy atom. The van der Waals surface area contributed by atoms with Crippen LogP contribution in [0.4, 0.5) is 0 Å². The van der Waals surface area contributed by atoms with Gasteiger partial charge in [-0.15, -0.1) is 0 Å². The van der Waals surface area contributed by atoms with Crippen molar-refractivity contribution in [2.24, 2.45) is 46.3 Å². The smallest absolute Gasteiger partial charge is 0.325 e. The number of esters is 1. The van der Waals surface area contributed by atoms with Crippen LogP contribution in [-0.2, 0) is 23.9 Å². The second-order valence-electron chi connectivity index (χ2n) is 15.5. The molecule has 1 amide bonds. The normalized spacial score (nSPS) is 33.4. The fourth-order valence-electron chi connectivity index (χ4n) is 10.0. The van der Waals surface area contributed by atoms with Crippen LogP contribution in [0.1, 0.15) is 125 Å². The molecule has 8 heteroatoms. The van der Waals surface area contributed by atoms with Crippen LogP contribution in [0.25, 0.3) is 0 Å². The van der Waals surface area contributed by atoms with E-state index in [0.717, 1.165) is 53.8 Å². The summed E-state index contributed by atoms with van der Waals surface area (Å²) in [4.78, 5) is 48.6. The van der Waals surface area contributed by atoms with Crippen molar-refractivity contribution in [2.45, 2.75) is 131 Å². The summed E-state index contributed by atoms with van der Waals surface area (Å²) in [6.07, 6.45) is 14.2. The fourth-order valence-corrected chi connectivity index (χ4v) is 10.0. The lowest BCUT2D eigenvalue weighted by molar-refractivity contribution is -0.156. The average molecular weight is 616 g/mol. The Bertz CT molecular complexity index is 1100. The summed E-state index contributed by atoms with van der Waals surface area (Å²) >= 11 is 0. The molecule has 0 saturated heterocycles. The minimum atomic E-state index is -1.12. The third-order valence-electron chi connectivity index (χ3n) is 12.4. The van der Waals surface area contributed by atoms with Crippen LogP contribution in [0.5, 0.6) is 0 Å². The Balaban J connectivity index is 1.36. The number of hydrogen-bond acceptors (Lipinski definition) is 5. The molecule has 4 aliphatic carbocycles. The standard InChI is InChI=1S/C36H57NO7/c1-23(2)7-6-8-24(3)28-11-12-29-27-10-9-25-21-26(15-18-35(25,4)30(27)16-19-36(28,29)5)44-34(43)22-37(20-17-33(41)42)31(38)13-14-32(39)40/h9,23-24,26-30H,6-8,10-22H2,1-5H3,(H,39,40)(H,41,42)/t24-,26+,27+,28?,29+,30+,35+,36-/m1/s1. The lowest BCUT2D eigenvalue weighted by atomic mass is 9.47. The highest BCUT2D eigenvalue weighted by Gasteiger charge is 2.59. The number of ether oxygens (including phenoxy) is 1. The molecule has 1 unspecified atom stereocenters. The number of fused-ring (bicyclic) bond motifs is 5. The lowest BCUT2D eigenvalue weighted by Gasteiger charge is -2.58. The van der Waals surface area contributed by atoms with E-state index in [4.69, 9.17) is 14.9 Å². The van der Waals surface area contributed by atoms with Gasteiger partial charge in [-0.2, -0.15) is 0 Å². The first-order valence-corrected chi connectivity index (χ1v) is 17.3. The van der Waals surface area contributed by atoms with Crippen molar-refractivity contribution >= 4 is 23.8 Å². The van der Waals surface area contributed by atoms with Crippen molar-refractivity contribution in [3.8, 4) is 0 Å². The number of aliphatic carboxylic acids is 2. The molecule has 8 nitrogen and oxygen atoms in total. The third-order valence-corrected chi connectivity index (χ3v) is 12.4. The van der Waals surface area contributed by atoms with E-state index >= 15 is 0 Å². The molecule has 0 radical (unpaired) electrons. The van der Waals surface area contributed by atoms with Gasteiger partial charge in [0.15, 0.2) is 0 Å². The number of carbonyl (C=O) groups excluding carboxylic acids is 2. The Hall–Kier alpha value is -2.38. The van der Waals surface area contributed by atoms with E-state index in [9.17, 15) is 19.2 Å². The van der Waals surface area contributed by atoms with Crippen molar-refractivity contribution in [1.29, 1.82) is 0 Å². The van der Waals surface area contributed by atoms with Crippen molar-refractivity contribution in [3.05, 3.63) is 11.6 Å². The summed E-state index contributed by atoms with van der Waals surface area (Å²) in [6, 6.07) is 0. The number of carboxylic acids is 2. The summed E-state index contributed by atoms with van der Waals surface area (Å²) in [6.45, 7) is 11.7. The average Bonchev–Trinajstić information content (AvgIpc) is 3.31. The number of allylic oxidation sites excluding steroid dienone is 1. The van der Waals surface area contributed by atoms with Crippen LogP contribution in [0.2, 0.25) is 0 Å². The quantitative estimate of drug-likeness (QED) is 0.158. The molecule has 0 aromatic heterocycles. The van der Waals surface area contributed by atoms with E-state index in [1.807, 2.05) is 0 Å². The van der Waals surface area contributed by atoms with Gasteiger partial charge in [-0.1, -0.05) is 65.5 Å². The maximum absolute atomic E-state index is 12.9. The van der Waals surface area contributed by atoms with Crippen LogP contribution >= 0.6 is 0 Å². The van der Waals surface area contributed by atoms with Gasteiger partial charge in [0.2, 0.25) is 5.91 Å². The van der Waals surface area contributed by atoms with E-state index < -0.39 is 23.8 Å². The minimum absolute atomic E-state index is 0.133. The predicted molar refractivity (Wildman–Crippen MR) is 169 cm³/mol. The van der Waals surface area contributed by atoms with E-state index in [2.05, 4.69) is 40.7 Å². The van der Waals surface area contributed by atoms with Gasteiger partial charge in [0.1, 0.15) is 12.6 Å². The van der Waals surface area contributed by atoms with E-state index in [0.29, 0.717) is 17.8 Å². The molecule has 3 fully saturated rings. The van der Waals surface area contributed by atoms with Crippen molar-refractivity contribution in [2.75, 3.05) is 13.1 Å². The van der Waals surface area contributed by atoms with Crippen LogP contribution in [0.15, 0.2) is 11.6 Å². The van der Waals surface area contributed by atoms with Gasteiger partial charge in [0.05, 0.1) is 12.8 Å². The molecule has 4 aliphatic rings. The first-order valence-electron chi connectivity index (χ1n) is 17.3. The van der Waals surface area contributed by atoms with Gasteiger partial charge in [-0.25, -0.2) is 0 Å². The first-order chi connectivity index (χ1) is 20.7. The zero-order valence-electron chi connectivity index (χ0n) is 27.8. The van der Waals surface area contributed by atoms with Crippen LogP contribution in [0, 0.1) is 46.3 Å². The van der Waals surface area contributed by atoms with Crippen molar-refractivity contribution in [3.63, 3.8) is 0 Å². The summed E-state index contributed by atoms with van der Waals surface area (Å²) in [7, 11) is 0. The molecule has 0 bridgehead atoms. The maximum Gasteiger partial charge on any atom is 0.325 e. The fraction of sp³-hybridized carbons (Fsp3) is 0.833. The summed E-state index contributed by atoms with van der Waals surface area (Å²) in [5, 5.41) is 18.0. The lowest BCUT2D eigenvalue weighted by Crippen LogP contribution is -2.51. The predicted octanol–water partition coefficient (Wildman–Crippen LogP) is 7.11. The first kappa shape index (κ1) is 34.5. The number of amides is 1. The summed E-state index contributed by atoms with van der Waals surface area (Å²) in [5.41, 5.74) is 2.00. The second kappa shape index (κ2) is 14.4. The Morgan fingerprint density at radius 2 is 1.66 bits per heavy atom. The molecule has 3 saturated carbocycles. The highest BCUT2D eigenvalue weighted by atomic mass is 16.5. The van der Waals surface area contributed by atoms with Gasteiger partial charge in [-0.05, 0) is 91.3 Å². The number of rotatable bonds is 14. The van der Waals surface area contributed by atoms with E-state index in [1.54, 1.807) is 0 Å². The van der Waals surface area contributed by atoms with E-state index in [-0.39, 0.29) is 43.9 Å². The molecule has 8 atom stereocenters. The molecule has 248 valence electrons. The van der Waals surface area contributed by atoms with E-state index in [1.165, 1.54) is 50.5 Å². The van der Waals surface area contributed by atoms with Crippen molar-refractivity contribution < 1.29 is 34.1 Å². The largest absolute Gasteiger partial charge is 0.481 e. The highest BCUT2D eigenvalue weighted by molar-refractivity contribution is 5.84. The molecule has 0 aromatic carbocycles. The van der Waals surface area contributed by atoms with Crippen molar-refractivity contribution in [1.82, 2.24) is 4.90 Å². The Morgan fingerprint density at radius 1 is 0.932 bits per heavy atom. The summed E-state index contributed by atoms with van der Waals surface area (Å²) in [5.74, 6) is 1.29. The Kier molecular flexibility index (Phi) is 11.3. The highest BCUT2D eigenvalue weighted by Crippen LogP contribution is 2.67.